The van der Waals surface area contributed by atoms with E-state index < -0.39 is 4.92 Å². The van der Waals surface area contributed by atoms with Gasteiger partial charge in [0.2, 0.25) is 0 Å². The molecule has 0 radical (unpaired) electrons. The van der Waals surface area contributed by atoms with Crippen LogP contribution >= 0.6 is 0 Å². The second-order valence-corrected chi connectivity index (χ2v) is 6.04. The fraction of sp³-hybridized carbons (Fsp3) is 0.235. The maximum atomic E-state index is 12.3. The van der Waals surface area contributed by atoms with E-state index in [1.54, 1.807) is 24.4 Å². The third kappa shape index (κ3) is 3.32. The highest BCUT2D eigenvalue weighted by Gasteiger charge is 2.17. The molecule has 0 aliphatic rings. The van der Waals surface area contributed by atoms with Gasteiger partial charge in [0.15, 0.2) is 5.65 Å². The number of carbonyl (C=O) groups is 1. The Labute approximate surface area is 143 Å². The molecule has 3 aromatic rings. The van der Waals surface area contributed by atoms with Crippen molar-refractivity contribution in [3.8, 4) is 11.3 Å². The van der Waals surface area contributed by atoms with Crippen LogP contribution in [0.3, 0.4) is 0 Å². The van der Waals surface area contributed by atoms with Crippen LogP contribution in [-0.2, 0) is 0 Å². The molecule has 0 saturated heterocycles. The van der Waals surface area contributed by atoms with Crippen LogP contribution in [0.5, 0.6) is 0 Å². The standard InChI is InChI=1S/C17H17N5O3/c1-11(2)9-19-17(23)14-10-20-21-15(6-7-18-16(14)21)12-4-3-5-13(8-12)22(24)25/h3-8,10-11H,9H2,1-2H3,(H,19,23). The van der Waals surface area contributed by atoms with E-state index in [-0.39, 0.29) is 11.6 Å². The Bertz CT molecular complexity index is 948. The molecule has 1 aromatic carbocycles. The summed E-state index contributed by atoms with van der Waals surface area (Å²) in [6, 6.07) is 7.96. The number of nitrogens with zero attached hydrogens (tertiary/aromatic N) is 4. The Morgan fingerprint density at radius 1 is 1.36 bits per heavy atom. The molecular weight excluding hydrogens is 322 g/mol. The van der Waals surface area contributed by atoms with Gasteiger partial charge in [0.05, 0.1) is 16.8 Å². The third-order valence-electron chi connectivity index (χ3n) is 3.67. The predicted molar refractivity (Wildman–Crippen MR) is 92.2 cm³/mol. The quantitative estimate of drug-likeness (QED) is 0.569. The van der Waals surface area contributed by atoms with Crippen molar-refractivity contribution in [2.45, 2.75) is 13.8 Å². The summed E-state index contributed by atoms with van der Waals surface area (Å²) in [6.07, 6.45) is 3.02. The number of amides is 1. The summed E-state index contributed by atoms with van der Waals surface area (Å²) in [4.78, 5) is 27.1. The number of rotatable bonds is 5. The van der Waals surface area contributed by atoms with E-state index in [4.69, 9.17) is 0 Å². The summed E-state index contributed by atoms with van der Waals surface area (Å²) in [5.41, 5.74) is 2.01. The zero-order chi connectivity index (χ0) is 18.0. The molecule has 8 nitrogen and oxygen atoms in total. The lowest BCUT2D eigenvalue weighted by molar-refractivity contribution is -0.384. The van der Waals surface area contributed by atoms with Gasteiger partial charge in [0.25, 0.3) is 11.6 Å². The van der Waals surface area contributed by atoms with Gasteiger partial charge in [-0.15, -0.1) is 0 Å². The molecule has 128 valence electrons. The van der Waals surface area contributed by atoms with Crippen LogP contribution in [0.4, 0.5) is 5.69 Å². The summed E-state index contributed by atoms with van der Waals surface area (Å²) in [6.45, 7) is 4.57. The average Bonchev–Trinajstić information content (AvgIpc) is 3.04. The molecule has 0 fully saturated rings. The van der Waals surface area contributed by atoms with Crippen LogP contribution in [0, 0.1) is 16.0 Å². The fourth-order valence-corrected chi connectivity index (χ4v) is 2.44. The van der Waals surface area contributed by atoms with Crippen molar-refractivity contribution in [2.24, 2.45) is 5.92 Å². The number of nitro groups is 1. The first-order chi connectivity index (χ1) is 12.0. The molecule has 3 rings (SSSR count). The number of nitrogens with one attached hydrogen (secondary N) is 1. The lowest BCUT2D eigenvalue weighted by Crippen LogP contribution is -2.27. The number of non-ortho nitro benzene ring substituents is 1. The molecule has 0 bridgehead atoms. The highest BCUT2D eigenvalue weighted by atomic mass is 16.6. The number of nitro benzene ring substituents is 1. The van der Waals surface area contributed by atoms with Gasteiger partial charge in [0, 0.05) is 30.4 Å². The molecular formula is C17H17N5O3. The van der Waals surface area contributed by atoms with E-state index in [0.29, 0.717) is 34.9 Å². The van der Waals surface area contributed by atoms with Crippen molar-refractivity contribution < 1.29 is 9.72 Å². The number of hydrogen-bond donors (Lipinski definition) is 1. The summed E-state index contributed by atoms with van der Waals surface area (Å²) < 4.78 is 1.52. The second kappa shape index (κ2) is 6.68. The van der Waals surface area contributed by atoms with Gasteiger partial charge in [-0.1, -0.05) is 26.0 Å². The molecule has 0 spiro atoms. The maximum Gasteiger partial charge on any atom is 0.270 e. The van der Waals surface area contributed by atoms with Gasteiger partial charge >= 0.3 is 0 Å². The number of carbonyl (C=O) groups excluding carboxylic acids is 1. The molecule has 2 heterocycles. The predicted octanol–water partition coefficient (Wildman–Crippen LogP) is 2.69. The van der Waals surface area contributed by atoms with E-state index in [9.17, 15) is 14.9 Å². The van der Waals surface area contributed by atoms with Gasteiger partial charge in [0.1, 0.15) is 5.56 Å². The third-order valence-corrected chi connectivity index (χ3v) is 3.67. The van der Waals surface area contributed by atoms with Gasteiger partial charge in [-0.25, -0.2) is 9.50 Å². The Hall–Kier alpha value is -3.29. The minimum absolute atomic E-state index is 0.00971. The Morgan fingerprint density at radius 2 is 2.16 bits per heavy atom. The highest BCUT2D eigenvalue weighted by Crippen LogP contribution is 2.24. The van der Waals surface area contributed by atoms with Crippen LogP contribution in [0.15, 0.2) is 42.7 Å². The summed E-state index contributed by atoms with van der Waals surface area (Å²) in [5.74, 6) is 0.0894. The van der Waals surface area contributed by atoms with Crippen molar-refractivity contribution in [1.82, 2.24) is 19.9 Å². The van der Waals surface area contributed by atoms with Gasteiger partial charge in [-0.2, -0.15) is 5.10 Å². The molecule has 0 aliphatic heterocycles. The molecule has 0 saturated carbocycles. The first-order valence-corrected chi connectivity index (χ1v) is 7.83. The van der Waals surface area contributed by atoms with Gasteiger partial charge in [-0.05, 0) is 12.0 Å². The van der Waals surface area contributed by atoms with Gasteiger partial charge in [-0.3, -0.25) is 14.9 Å². The number of hydrogen-bond acceptors (Lipinski definition) is 5. The zero-order valence-corrected chi connectivity index (χ0v) is 13.8. The van der Waals surface area contributed by atoms with Crippen molar-refractivity contribution >= 4 is 17.2 Å². The molecule has 2 aromatic heterocycles. The first-order valence-electron chi connectivity index (χ1n) is 7.83. The monoisotopic (exact) mass is 339 g/mol. The summed E-state index contributed by atoms with van der Waals surface area (Å²) in [5, 5.41) is 18.1. The molecule has 0 aliphatic carbocycles. The smallest absolute Gasteiger partial charge is 0.270 e. The Balaban J connectivity index is 2.03. The van der Waals surface area contributed by atoms with Crippen LogP contribution < -0.4 is 5.32 Å². The van der Waals surface area contributed by atoms with Crippen LogP contribution in [0.1, 0.15) is 24.2 Å². The van der Waals surface area contributed by atoms with Crippen LogP contribution in [0.2, 0.25) is 0 Å². The number of benzene rings is 1. The summed E-state index contributed by atoms with van der Waals surface area (Å²) >= 11 is 0. The van der Waals surface area contributed by atoms with E-state index in [1.807, 2.05) is 13.8 Å². The minimum atomic E-state index is -0.449. The minimum Gasteiger partial charge on any atom is -0.352 e. The molecule has 0 atom stereocenters. The summed E-state index contributed by atoms with van der Waals surface area (Å²) in [7, 11) is 0. The van der Waals surface area contributed by atoms with E-state index in [0.717, 1.165) is 0 Å². The zero-order valence-electron chi connectivity index (χ0n) is 13.8. The molecule has 25 heavy (non-hydrogen) atoms. The van der Waals surface area contributed by atoms with Gasteiger partial charge < -0.3 is 5.32 Å². The van der Waals surface area contributed by atoms with Crippen molar-refractivity contribution in [3.05, 3.63) is 58.4 Å². The lowest BCUT2D eigenvalue weighted by atomic mass is 10.1. The Morgan fingerprint density at radius 3 is 2.88 bits per heavy atom. The fourth-order valence-electron chi connectivity index (χ4n) is 2.44. The van der Waals surface area contributed by atoms with Crippen molar-refractivity contribution in [2.75, 3.05) is 6.54 Å². The molecule has 1 N–H and O–H groups in total. The molecule has 1 amide bonds. The van der Waals surface area contributed by atoms with Crippen molar-refractivity contribution in [1.29, 1.82) is 0 Å². The maximum absolute atomic E-state index is 12.3. The molecule has 0 unspecified atom stereocenters. The topological polar surface area (TPSA) is 102 Å². The number of fused-ring (bicyclic) bond motifs is 1. The SMILES string of the molecule is CC(C)CNC(=O)c1cnn2c(-c3cccc([N+](=O)[O-])c3)ccnc12. The van der Waals surface area contributed by atoms with E-state index in [2.05, 4.69) is 15.4 Å². The first kappa shape index (κ1) is 16.6. The highest BCUT2D eigenvalue weighted by molar-refractivity contribution is 5.99. The van der Waals surface area contributed by atoms with Crippen LogP contribution in [0.25, 0.3) is 16.9 Å². The Kier molecular flexibility index (Phi) is 4.42. The number of aromatic nitrogens is 3. The van der Waals surface area contributed by atoms with E-state index >= 15 is 0 Å². The van der Waals surface area contributed by atoms with Crippen molar-refractivity contribution in [3.63, 3.8) is 0 Å². The lowest BCUT2D eigenvalue weighted by Gasteiger charge is -2.07. The van der Waals surface area contributed by atoms with Crippen LogP contribution in [-0.4, -0.2) is 32.0 Å². The second-order valence-electron chi connectivity index (χ2n) is 6.04. The largest absolute Gasteiger partial charge is 0.352 e. The van der Waals surface area contributed by atoms with E-state index in [1.165, 1.54) is 22.8 Å². The molecule has 8 heteroatoms. The average molecular weight is 339 g/mol. The normalized spacial score (nSPS) is 11.0.